The van der Waals surface area contributed by atoms with Crippen LogP contribution in [0.4, 0.5) is 0 Å². The Bertz CT molecular complexity index is 483. The molecule has 0 bridgehead atoms. The number of carbonyl (C=O) groups is 1. The molecule has 1 fully saturated rings. The smallest absolute Gasteiger partial charge is 0.227 e. The molecule has 21 heavy (non-hydrogen) atoms. The molecule has 1 aliphatic rings. The number of hydrogen-bond acceptors (Lipinski definition) is 3. The van der Waals surface area contributed by atoms with E-state index in [-0.39, 0.29) is 17.7 Å². The van der Waals surface area contributed by atoms with E-state index in [9.17, 15) is 4.79 Å². The number of benzene rings is 1. The van der Waals surface area contributed by atoms with Crippen LogP contribution in [0.5, 0.6) is 5.75 Å². The molecule has 1 aromatic rings. The van der Waals surface area contributed by atoms with Gasteiger partial charge in [-0.2, -0.15) is 0 Å². The minimum absolute atomic E-state index is 0.0969. The lowest BCUT2D eigenvalue weighted by Crippen LogP contribution is -2.42. The molecular formula is C17H26N2O2. The summed E-state index contributed by atoms with van der Waals surface area (Å²) in [4.78, 5) is 14.8. The largest absolute Gasteiger partial charge is 0.496 e. The second kappa shape index (κ2) is 6.94. The topological polar surface area (TPSA) is 55.6 Å². The van der Waals surface area contributed by atoms with E-state index in [4.69, 9.17) is 10.5 Å². The van der Waals surface area contributed by atoms with Crippen LogP contribution in [0.25, 0.3) is 0 Å². The highest BCUT2D eigenvalue weighted by Gasteiger charge is 2.36. The zero-order valence-electron chi connectivity index (χ0n) is 13.2. The Kier molecular flexibility index (Phi) is 5.23. The van der Waals surface area contributed by atoms with Gasteiger partial charge in [0.05, 0.1) is 13.0 Å². The summed E-state index contributed by atoms with van der Waals surface area (Å²) in [6.45, 7) is 5.13. The lowest BCUT2D eigenvalue weighted by Gasteiger charge is -2.29. The van der Waals surface area contributed by atoms with Crippen LogP contribution < -0.4 is 10.5 Å². The van der Waals surface area contributed by atoms with Crippen LogP contribution in [-0.2, 0) is 11.3 Å². The summed E-state index contributed by atoms with van der Waals surface area (Å²) in [6, 6.07) is 8.26. The number of methoxy groups -OCH3 is 1. The molecule has 0 saturated heterocycles. The summed E-state index contributed by atoms with van der Waals surface area (Å²) >= 11 is 0. The predicted molar refractivity (Wildman–Crippen MR) is 83.9 cm³/mol. The van der Waals surface area contributed by atoms with Gasteiger partial charge in [-0.05, 0) is 24.8 Å². The zero-order valence-corrected chi connectivity index (χ0v) is 13.2. The number of para-hydroxylation sites is 1. The fourth-order valence-corrected chi connectivity index (χ4v) is 2.66. The molecule has 2 N–H and O–H groups in total. The van der Waals surface area contributed by atoms with Gasteiger partial charge in [0.15, 0.2) is 0 Å². The number of nitrogens with zero attached hydrogens (tertiary/aromatic N) is 1. The lowest BCUT2D eigenvalue weighted by molar-refractivity contribution is -0.137. The van der Waals surface area contributed by atoms with Crippen LogP contribution in [0.2, 0.25) is 0 Å². The predicted octanol–water partition coefficient (Wildman–Crippen LogP) is 2.42. The fourth-order valence-electron chi connectivity index (χ4n) is 2.66. The van der Waals surface area contributed by atoms with Crippen molar-refractivity contribution in [2.24, 2.45) is 17.6 Å². The Morgan fingerprint density at radius 1 is 1.38 bits per heavy atom. The maximum absolute atomic E-state index is 12.8. The molecule has 116 valence electrons. The summed E-state index contributed by atoms with van der Waals surface area (Å²) in [5.41, 5.74) is 6.87. The minimum atomic E-state index is -0.0969. The molecule has 4 nitrogen and oxygen atoms in total. The highest BCUT2D eigenvalue weighted by molar-refractivity contribution is 5.80. The number of nitrogens with two attached hydrogens (primary N) is 1. The van der Waals surface area contributed by atoms with Crippen LogP contribution in [-0.4, -0.2) is 30.5 Å². The second-order valence-corrected chi connectivity index (χ2v) is 6.10. The third-order valence-electron chi connectivity index (χ3n) is 4.18. The monoisotopic (exact) mass is 290 g/mol. The van der Waals surface area contributed by atoms with Crippen LogP contribution >= 0.6 is 0 Å². The molecule has 1 atom stereocenters. The van der Waals surface area contributed by atoms with Gasteiger partial charge in [0, 0.05) is 24.7 Å². The van der Waals surface area contributed by atoms with Crippen molar-refractivity contribution in [3.05, 3.63) is 29.8 Å². The lowest BCUT2D eigenvalue weighted by atomic mass is 9.94. The second-order valence-electron chi connectivity index (χ2n) is 6.10. The highest BCUT2D eigenvalue weighted by Crippen LogP contribution is 2.32. The summed E-state index contributed by atoms with van der Waals surface area (Å²) in [6.07, 6.45) is 2.19. The Morgan fingerprint density at radius 2 is 2.05 bits per heavy atom. The van der Waals surface area contributed by atoms with Gasteiger partial charge in [0.1, 0.15) is 5.75 Å². The number of hydrogen-bond donors (Lipinski definition) is 1. The fraction of sp³-hybridized carbons (Fsp3) is 0.588. The Morgan fingerprint density at radius 3 is 2.57 bits per heavy atom. The van der Waals surface area contributed by atoms with Gasteiger partial charge in [-0.25, -0.2) is 0 Å². The molecule has 0 heterocycles. The van der Waals surface area contributed by atoms with Crippen molar-refractivity contribution in [1.29, 1.82) is 0 Å². The quantitative estimate of drug-likeness (QED) is 0.839. The third-order valence-corrected chi connectivity index (χ3v) is 4.18. The SMILES string of the molecule is COc1ccccc1CN(C(=O)C(CN)C(C)C)C1CC1. The van der Waals surface area contributed by atoms with Gasteiger partial charge >= 0.3 is 0 Å². The van der Waals surface area contributed by atoms with E-state index in [1.54, 1.807) is 7.11 Å². The van der Waals surface area contributed by atoms with Crippen molar-refractivity contribution in [3.8, 4) is 5.75 Å². The molecule has 4 heteroatoms. The maximum Gasteiger partial charge on any atom is 0.227 e. The van der Waals surface area contributed by atoms with E-state index in [2.05, 4.69) is 13.8 Å². The van der Waals surface area contributed by atoms with Gasteiger partial charge in [-0.1, -0.05) is 32.0 Å². The van der Waals surface area contributed by atoms with Gasteiger partial charge in [0.2, 0.25) is 5.91 Å². The van der Waals surface area contributed by atoms with Gasteiger partial charge in [0.25, 0.3) is 0 Å². The number of carbonyl (C=O) groups excluding carboxylic acids is 1. The first-order valence-corrected chi connectivity index (χ1v) is 7.71. The molecule has 0 spiro atoms. The van der Waals surface area contributed by atoms with Crippen molar-refractivity contribution in [2.75, 3.05) is 13.7 Å². The summed E-state index contributed by atoms with van der Waals surface area (Å²) < 4.78 is 5.40. The van der Waals surface area contributed by atoms with Crippen molar-refractivity contribution in [1.82, 2.24) is 4.90 Å². The molecule has 1 aromatic carbocycles. The number of rotatable bonds is 7. The van der Waals surface area contributed by atoms with Crippen LogP contribution in [0.15, 0.2) is 24.3 Å². The minimum Gasteiger partial charge on any atom is -0.496 e. The van der Waals surface area contributed by atoms with E-state index in [1.807, 2.05) is 29.2 Å². The van der Waals surface area contributed by atoms with Crippen molar-refractivity contribution in [2.45, 2.75) is 39.3 Å². The average molecular weight is 290 g/mol. The van der Waals surface area contributed by atoms with Gasteiger partial charge in [-0.3, -0.25) is 4.79 Å². The first kappa shape index (κ1) is 15.8. The first-order valence-electron chi connectivity index (χ1n) is 7.71. The van der Waals surface area contributed by atoms with E-state index < -0.39 is 0 Å². The summed E-state index contributed by atoms with van der Waals surface area (Å²) in [7, 11) is 1.67. The molecule has 1 saturated carbocycles. The van der Waals surface area contributed by atoms with Crippen molar-refractivity contribution >= 4 is 5.91 Å². The number of amides is 1. The maximum atomic E-state index is 12.8. The van der Waals surface area contributed by atoms with E-state index in [0.717, 1.165) is 24.2 Å². The molecule has 1 unspecified atom stereocenters. The Balaban J connectivity index is 2.18. The average Bonchev–Trinajstić information content (AvgIpc) is 3.29. The Labute approximate surface area is 127 Å². The number of ether oxygens (including phenoxy) is 1. The van der Waals surface area contributed by atoms with Crippen molar-refractivity contribution < 1.29 is 9.53 Å². The van der Waals surface area contributed by atoms with E-state index in [1.165, 1.54) is 0 Å². The van der Waals surface area contributed by atoms with Gasteiger partial charge < -0.3 is 15.4 Å². The normalized spacial score (nSPS) is 15.9. The van der Waals surface area contributed by atoms with E-state index >= 15 is 0 Å². The molecule has 2 rings (SSSR count). The van der Waals surface area contributed by atoms with Crippen molar-refractivity contribution in [3.63, 3.8) is 0 Å². The molecule has 0 aliphatic heterocycles. The summed E-state index contributed by atoms with van der Waals surface area (Å²) in [5, 5.41) is 0. The Hall–Kier alpha value is -1.55. The highest BCUT2D eigenvalue weighted by atomic mass is 16.5. The molecule has 0 radical (unpaired) electrons. The third kappa shape index (κ3) is 3.76. The van der Waals surface area contributed by atoms with Gasteiger partial charge in [-0.15, -0.1) is 0 Å². The molecule has 0 aromatic heterocycles. The summed E-state index contributed by atoms with van der Waals surface area (Å²) in [5.74, 6) is 1.19. The standard InChI is InChI=1S/C17H26N2O2/c1-12(2)15(10-18)17(20)19(14-8-9-14)11-13-6-4-5-7-16(13)21-3/h4-7,12,14-15H,8-11,18H2,1-3H3. The van der Waals surface area contributed by atoms with E-state index in [0.29, 0.717) is 19.1 Å². The van der Waals surface area contributed by atoms with Crippen LogP contribution in [0.1, 0.15) is 32.3 Å². The van der Waals surface area contributed by atoms with Crippen LogP contribution in [0, 0.1) is 11.8 Å². The first-order chi connectivity index (χ1) is 10.1. The van der Waals surface area contributed by atoms with Crippen LogP contribution in [0.3, 0.4) is 0 Å². The molecule has 1 amide bonds. The zero-order chi connectivity index (χ0) is 15.4. The molecule has 1 aliphatic carbocycles. The molecular weight excluding hydrogens is 264 g/mol.